The van der Waals surface area contributed by atoms with E-state index in [9.17, 15) is 4.79 Å². The number of morpholine rings is 1. The highest BCUT2D eigenvalue weighted by atomic mass is 35.5. The second kappa shape index (κ2) is 11.5. The van der Waals surface area contributed by atoms with Crippen LogP contribution in [0.3, 0.4) is 0 Å². The lowest BCUT2D eigenvalue weighted by Gasteiger charge is -2.22. The second-order valence-corrected chi connectivity index (χ2v) is 7.51. The first-order chi connectivity index (χ1) is 15.1. The van der Waals surface area contributed by atoms with Crippen LogP contribution in [0.1, 0.15) is 11.1 Å². The van der Waals surface area contributed by atoms with Crippen molar-refractivity contribution in [1.29, 1.82) is 0 Å². The zero-order valence-corrected chi connectivity index (χ0v) is 18.2. The molecule has 7 nitrogen and oxygen atoms in total. The molecule has 2 aromatic carbocycles. The highest BCUT2D eigenvalue weighted by Crippen LogP contribution is 2.23. The molecule has 164 valence electrons. The molecule has 1 amide bonds. The molecule has 1 unspecified atom stereocenters. The fourth-order valence-electron chi connectivity index (χ4n) is 3.05. The van der Waals surface area contributed by atoms with Gasteiger partial charge in [0.1, 0.15) is 18.1 Å². The molecule has 2 aromatic rings. The summed E-state index contributed by atoms with van der Waals surface area (Å²) in [4.78, 5) is 17.2. The number of hydrogen-bond donors (Lipinski definition) is 3. The highest BCUT2D eigenvalue weighted by Gasteiger charge is 2.19. The molecule has 31 heavy (non-hydrogen) atoms. The lowest BCUT2D eigenvalue weighted by molar-refractivity contribution is -0.110. The van der Waals surface area contributed by atoms with E-state index in [2.05, 4.69) is 15.6 Å². The third-order valence-electron chi connectivity index (χ3n) is 4.74. The first-order valence-corrected chi connectivity index (χ1v) is 10.5. The number of amides is 1. The summed E-state index contributed by atoms with van der Waals surface area (Å²) in [5, 5.41) is 6.16. The van der Waals surface area contributed by atoms with Gasteiger partial charge in [-0.2, -0.15) is 0 Å². The van der Waals surface area contributed by atoms with Crippen LogP contribution in [0, 0.1) is 6.92 Å². The van der Waals surface area contributed by atoms with Crippen molar-refractivity contribution in [2.24, 2.45) is 10.7 Å². The quantitative estimate of drug-likeness (QED) is 0.546. The summed E-state index contributed by atoms with van der Waals surface area (Å²) in [6.45, 7) is 4.76. The van der Waals surface area contributed by atoms with E-state index in [1.165, 1.54) is 0 Å². The maximum atomic E-state index is 12.8. The molecule has 0 aliphatic carbocycles. The van der Waals surface area contributed by atoms with Crippen LogP contribution in [-0.2, 0) is 16.1 Å². The van der Waals surface area contributed by atoms with E-state index in [1.807, 2.05) is 49.4 Å². The Labute approximate surface area is 187 Å². The Bertz CT molecular complexity index is 941. The maximum Gasteiger partial charge on any atom is 0.275 e. The SMILES string of the molecule is Cc1cc(OCc2ccccc2)ccc1NC(=O)C(=NCC1CNCCO1)C(Cl)=CN. The fourth-order valence-corrected chi connectivity index (χ4v) is 3.20. The third kappa shape index (κ3) is 6.82. The van der Waals surface area contributed by atoms with Crippen molar-refractivity contribution in [3.05, 3.63) is 70.9 Å². The van der Waals surface area contributed by atoms with Crippen LogP contribution in [0.2, 0.25) is 0 Å². The number of carbonyl (C=O) groups is 1. The van der Waals surface area contributed by atoms with Crippen LogP contribution in [-0.4, -0.2) is 44.0 Å². The van der Waals surface area contributed by atoms with Gasteiger partial charge in [-0.05, 0) is 36.2 Å². The minimum Gasteiger partial charge on any atom is -0.489 e. The summed E-state index contributed by atoms with van der Waals surface area (Å²) in [5.41, 5.74) is 8.18. The van der Waals surface area contributed by atoms with E-state index in [-0.39, 0.29) is 16.8 Å². The number of nitrogens with two attached hydrogens (primary N) is 1. The van der Waals surface area contributed by atoms with Crippen molar-refractivity contribution in [2.45, 2.75) is 19.6 Å². The van der Waals surface area contributed by atoms with E-state index in [4.69, 9.17) is 26.8 Å². The maximum absolute atomic E-state index is 12.8. The minimum atomic E-state index is -0.434. The predicted molar refractivity (Wildman–Crippen MR) is 124 cm³/mol. The smallest absolute Gasteiger partial charge is 0.275 e. The van der Waals surface area contributed by atoms with Crippen LogP contribution < -0.4 is 21.1 Å². The van der Waals surface area contributed by atoms with Gasteiger partial charge in [-0.1, -0.05) is 41.9 Å². The van der Waals surface area contributed by atoms with Gasteiger partial charge in [-0.15, -0.1) is 0 Å². The van der Waals surface area contributed by atoms with Gasteiger partial charge in [0.15, 0.2) is 0 Å². The van der Waals surface area contributed by atoms with E-state index < -0.39 is 5.91 Å². The van der Waals surface area contributed by atoms with Crippen LogP contribution in [0.5, 0.6) is 5.75 Å². The monoisotopic (exact) mass is 442 g/mol. The number of halogens is 1. The molecule has 0 spiro atoms. The van der Waals surface area contributed by atoms with Gasteiger partial charge >= 0.3 is 0 Å². The Hall–Kier alpha value is -2.87. The zero-order valence-electron chi connectivity index (χ0n) is 17.4. The first kappa shape index (κ1) is 22.8. The number of rotatable bonds is 8. The van der Waals surface area contributed by atoms with Crippen molar-refractivity contribution in [3.8, 4) is 5.75 Å². The Balaban J connectivity index is 1.65. The average molecular weight is 443 g/mol. The number of ether oxygens (including phenoxy) is 2. The molecular weight excluding hydrogens is 416 g/mol. The number of anilines is 1. The molecule has 4 N–H and O–H groups in total. The molecule has 1 aliphatic rings. The largest absolute Gasteiger partial charge is 0.489 e. The zero-order chi connectivity index (χ0) is 22.1. The van der Waals surface area contributed by atoms with E-state index in [0.29, 0.717) is 32.0 Å². The molecule has 1 saturated heterocycles. The van der Waals surface area contributed by atoms with Gasteiger partial charge in [-0.25, -0.2) is 0 Å². The second-order valence-electron chi connectivity index (χ2n) is 7.11. The number of aliphatic imine (C=N–C) groups is 1. The lowest BCUT2D eigenvalue weighted by Crippen LogP contribution is -2.40. The molecule has 1 heterocycles. The Morgan fingerprint density at radius 3 is 2.84 bits per heavy atom. The minimum absolute atomic E-state index is 0.0714. The Kier molecular flexibility index (Phi) is 8.46. The summed E-state index contributed by atoms with van der Waals surface area (Å²) in [5.74, 6) is 0.284. The number of benzene rings is 2. The predicted octanol–water partition coefficient (Wildman–Crippen LogP) is 2.98. The summed E-state index contributed by atoms with van der Waals surface area (Å²) in [6, 6.07) is 15.4. The van der Waals surface area contributed by atoms with Crippen molar-refractivity contribution >= 4 is 28.9 Å². The topological polar surface area (TPSA) is 98.0 Å². The van der Waals surface area contributed by atoms with Gasteiger partial charge in [0.2, 0.25) is 0 Å². The molecule has 0 bridgehead atoms. The molecular formula is C23H27ClN4O3. The van der Waals surface area contributed by atoms with Crippen molar-refractivity contribution in [2.75, 3.05) is 31.6 Å². The van der Waals surface area contributed by atoms with Crippen molar-refractivity contribution < 1.29 is 14.3 Å². The summed E-state index contributed by atoms with van der Waals surface area (Å²) in [6.07, 6.45) is 1.05. The molecule has 3 rings (SSSR count). The Morgan fingerprint density at radius 1 is 1.35 bits per heavy atom. The van der Waals surface area contributed by atoms with Crippen LogP contribution in [0.4, 0.5) is 5.69 Å². The van der Waals surface area contributed by atoms with E-state index >= 15 is 0 Å². The van der Waals surface area contributed by atoms with Gasteiger partial charge in [0, 0.05) is 25.0 Å². The highest BCUT2D eigenvalue weighted by molar-refractivity contribution is 6.61. The number of carbonyl (C=O) groups excluding carboxylic acids is 1. The normalized spacial score (nSPS) is 17.3. The van der Waals surface area contributed by atoms with Crippen molar-refractivity contribution in [1.82, 2.24) is 5.32 Å². The third-order valence-corrected chi connectivity index (χ3v) is 5.04. The van der Waals surface area contributed by atoms with E-state index in [1.54, 1.807) is 6.07 Å². The summed E-state index contributed by atoms with van der Waals surface area (Å²) >= 11 is 6.14. The van der Waals surface area contributed by atoms with Gasteiger partial charge in [-0.3, -0.25) is 9.79 Å². The average Bonchev–Trinajstić information content (AvgIpc) is 2.80. The number of nitrogens with zero attached hydrogens (tertiary/aromatic N) is 1. The van der Waals surface area contributed by atoms with Gasteiger partial charge < -0.3 is 25.8 Å². The van der Waals surface area contributed by atoms with Gasteiger partial charge in [0.05, 0.1) is 24.3 Å². The molecule has 1 fully saturated rings. The first-order valence-electron chi connectivity index (χ1n) is 10.1. The summed E-state index contributed by atoms with van der Waals surface area (Å²) in [7, 11) is 0. The molecule has 1 aliphatic heterocycles. The molecule has 1 atom stereocenters. The Morgan fingerprint density at radius 2 is 2.16 bits per heavy atom. The van der Waals surface area contributed by atoms with Gasteiger partial charge in [0.25, 0.3) is 5.91 Å². The number of nitrogens with one attached hydrogen (secondary N) is 2. The number of aryl methyl sites for hydroxylation is 1. The van der Waals surface area contributed by atoms with Crippen LogP contribution in [0.15, 0.2) is 64.8 Å². The number of hydrogen-bond acceptors (Lipinski definition) is 6. The van der Waals surface area contributed by atoms with Crippen molar-refractivity contribution in [3.63, 3.8) is 0 Å². The van der Waals surface area contributed by atoms with Crippen LogP contribution in [0.25, 0.3) is 0 Å². The molecule has 8 heteroatoms. The fraction of sp³-hybridized carbons (Fsp3) is 0.304. The molecule has 0 radical (unpaired) electrons. The molecule has 0 saturated carbocycles. The summed E-state index contributed by atoms with van der Waals surface area (Å²) < 4.78 is 11.5. The van der Waals surface area contributed by atoms with Crippen LogP contribution >= 0.6 is 11.6 Å². The standard InChI is InChI=1S/C23H27ClN4O3/c1-16-11-18(31-15-17-5-3-2-4-6-17)7-8-21(16)28-23(29)22(20(24)12-25)27-14-19-13-26-9-10-30-19/h2-8,11-12,19,26H,9-10,13-15,25H2,1H3,(H,28,29). The van der Waals surface area contributed by atoms with E-state index in [0.717, 1.165) is 29.6 Å². The molecule has 0 aromatic heterocycles. The lowest BCUT2D eigenvalue weighted by atomic mass is 10.1.